The number of rotatable bonds is 3. The van der Waals surface area contributed by atoms with E-state index in [4.69, 9.17) is 11.6 Å². The van der Waals surface area contributed by atoms with Crippen molar-refractivity contribution < 1.29 is 0 Å². The van der Waals surface area contributed by atoms with Crippen LogP contribution < -0.4 is 0 Å². The average molecular weight is 338 g/mol. The Morgan fingerprint density at radius 2 is 1.88 bits per heavy atom. The molecule has 0 radical (unpaired) electrons. The van der Waals surface area contributed by atoms with E-state index in [1.165, 1.54) is 23.5 Å². The third-order valence-electron chi connectivity index (χ3n) is 2.53. The second-order valence-electron chi connectivity index (χ2n) is 3.78. The van der Waals surface area contributed by atoms with Crippen molar-refractivity contribution in [1.29, 1.82) is 0 Å². The Kier molecular flexibility index (Phi) is 5.40. The van der Waals surface area contributed by atoms with Crippen molar-refractivity contribution in [3.8, 4) is 0 Å². The van der Waals surface area contributed by atoms with Crippen molar-refractivity contribution >= 4 is 51.1 Å². The molecule has 1 aliphatic heterocycles. The van der Waals surface area contributed by atoms with Gasteiger partial charge in [-0.15, -0.1) is 35.1 Å². The van der Waals surface area contributed by atoms with Gasteiger partial charge >= 0.3 is 0 Å². The van der Waals surface area contributed by atoms with Crippen molar-refractivity contribution in [3.63, 3.8) is 0 Å². The van der Waals surface area contributed by atoms with Crippen molar-refractivity contribution in [1.82, 2.24) is 0 Å². The fraction of sp³-hybridized carbons (Fsp3) is 0.500. The highest BCUT2D eigenvalue weighted by atomic mass is 79.9. The predicted molar refractivity (Wildman–Crippen MR) is 80.7 cm³/mol. The highest BCUT2D eigenvalue weighted by Gasteiger charge is 2.19. The first kappa shape index (κ1) is 13.1. The Hall–Kier alpha value is 0.690. The molecular weight excluding hydrogens is 324 g/mol. The van der Waals surface area contributed by atoms with Crippen LogP contribution in [0.5, 0.6) is 0 Å². The molecule has 1 aliphatic rings. The average Bonchev–Trinajstić information content (AvgIpc) is 2.31. The smallest absolute Gasteiger partial charge is 0.0603 e. The van der Waals surface area contributed by atoms with Gasteiger partial charge in [0.2, 0.25) is 0 Å². The van der Waals surface area contributed by atoms with Crippen LogP contribution in [-0.2, 0) is 0 Å². The number of hydrogen-bond donors (Lipinski definition) is 0. The second-order valence-corrected chi connectivity index (χ2v) is 8.14. The van der Waals surface area contributed by atoms with Gasteiger partial charge in [0.05, 0.1) is 9.96 Å². The van der Waals surface area contributed by atoms with Crippen LogP contribution in [0.3, 0.4) is 0 Å². The minimum Gasteiger partial charge on any atom is -0.148 e. The van der Waals surface area contributed by atoms with Gasteiger partial charge in [-0.1, -0.05) is 28.1 Å². The standard InChI is InChI=1S/C12H14BrClS2/c13-10-4-2-9(3-5-10)11(14)8-12-15-6-1-7-16-12/h2-5,11-12H,1,6-8H2. The van der Waals surface area contributed by atoms with Gasteiger partial charge in [0.15, 0.2) is 0 Å². The van der Waals surface area contributed by atoms with Crippen LogP contribution in [0.2, 0.25) is 0 Å². The molecule has 1 saturated heterocycles. The largest absolute Gasteiger partial charge is 0.148 e. The third kappa shape index (κ3) is 3.86. The summed E-state index contributed by atoms with van der Waals surface area (Å²) < 4.78 is 1.79. The van der Waals surface area contributed by atoms with E-state index in [0.717, 1.165) is 10.9 Å². The van der Waals surface area contributed by atoms with E-state index >= 15 is 0 Å². The van der Waals surface area contributed by atoms with Crippen LogP contribution in [0.1, 0.15) is 23.8 Å². The second kappa shape index (κ2) is 6.58. The van der Waals surface area contributed by atoms with E-state index in [9.17, 15) is 0 Å². The zero-order valence-corrected chi connectivity index (χ0v) is 12.8. The summed E-state index contributed by atoms with van der Waals surface area (Å²) in [5.41, 5.74) is 1.23. The van der Waals surface area contributed by atoms with E-state index < -0.39 is 0 Å². The van der Waals surface area contributed by atoms with Gasteiger partial charge in [-0.25, -0.2) is 0 Å². The molecule has 88 valence electrons. The number of halogens is 2. The Balaban J connectivity index is 1.91. The van der Waals surface area contributed by atoms with Crippen LogP contribution in [0.4, 0.5) is 0 Å². The Morgan fingerprint density at radius 3 is 2.50 bits per heavy atom. The van der Waals surface area contributed by atoms with Crippen LogP contribution in [-0.4, -0.2) is 16.1 Å². The van der Waals surface area contributed by atoms with Gasteiger partial charge in [-0.2, -0.15) is 0 Å². The van der Waals surface area contributed by atoms with Gasteiger partial charge in [-0.3, -0.25) is 0 Å². The van der Waals surface area contributed by atoms with Gasteiger partial charge in [0.25, 0.3) is 0 Å². The first-order valence-corrected chi connectivity index (χ1v) is 8.71. The molecule has 1 unspecified atom stereocenters. The molecule has 1 aromatic rings. The van der Waals surface area contributed by atoms with E-state index in [0.29, 0.717) is 4.58 Å². The quantitative estimate of drug-likeness (QED) is 0.685. The normalized spacial score (nSPS) is 19.6. The van der Waals surface area contributed by atoms with E-state index in [1.807, 2.05) is 0 Å². The molecule has 2 rings (SSSR count). The molecule has 0 aliphatic carbocycles. The number of alkyl halides is 1. The first-order chi connectivity index (χ1) is 7.75. The zero-order chi connectivity index (χ0) is 11.4. The minimum absolute atomic E-state index is 0.149. The molecule has 0 nitrogen and oxygen atoms in total. The van der Waals surface area contributed by atoms with Crippen molar-refractivity contribution in [2.75, 3.05) is 11.5 Å². The molecule has 0 amide bonds. The molecule has 16 heavy (non-hydrogen) atoms. The monoisotopic (exact) mass is 336 g/mol. The summed E-state index contributed by atoms with van der Waals surface area (Å²) in [6, 6.07) is 8.34. The van der Waals surface area contributed by atoms with Gasteiger partial charge in [-0.05, 0) is 42.0 Å². The summed E-state index contributed by atoms with van der Waals surface area (Å²) >= 11 is 14.0. The fourth-order valence-corrected chi connectivity index (χ4v) is 5.40. The summed E-state index contributed by atoms with van der Waals surface area (Å²) in [4.78, 5) is 0. The van der Waals surface area contributed by atoms with Crippen LogP contribution >= 0.6 is 51.1 Å². The lowest BCUT2D eigenvalue weighted by molar-refractivity contribution is 0.861. The summed E-state index contributed by atoms with van der Waals surface area (Å²) in [5, 5.41) is 0.149. The Morgan fingerprint density at radius 1 is 1.25 bits per heavy atom. The molecule has 0 saturated carbocycles. The maximum atomic E-state index is 6.45. The van der Waals surface area contributed by atoms with Crippen LogP contribution in [0, 0.1) is 0 Å². The molecule has 1 aromatic carbocycles. The van der Waals surface area contributed by atoms with Gasteiger partial charge < -0.3 is 0 Å². The summed E-state index contributed by atoms with van der Waals surface area (Å²) in [6.45, 7) is 0. The maximum absolute atomic E-state index is 6.45. The Labute approximate surface area is 119 Å². The molecular formula is C12H14BrClS2. The molecule has 0 N–H and O–H groups in total. The molecule has 4 heteroatoms. The van der Waals surface area contributed by atoms with Crippen LogP contribution in [0.15, 0.2) is 28.7 Å². The van der Waals surface area contributed by atoms with E-state index in [-0.39, 0.29) is 5.38 Å². The minimum atomic E-state index is 0.149. The molecule has 0 spiro atoms. The van der Waals surface area contributed by atoms with Crippen molar-refractivity contribution in [2.45, 2.75) is 22.8 Å². The lowest BCUT2D eigenvalue weighted by Crippen LogP contribution is -2.09. The van der Waals surface area contributed by atoms with Crippen molar-refractivity contribution in [3.05, 3.63) is 34.3 Å². The third-order valence-corrected chi connectivity index (χ3v) is 6.48. The number of thioether (sulfide) groups is 2. The first-order valence-electron chi connectivity index (χ1n) is 5.38. The molecule has 1 atom stereocenters. The fourth-order valence-electron chi connectivity index (χ4n) is 1.65. The highest BCUT2D eigenvalue weighted by Crippen LogP contribution is 2.39. The van der Waals surface area contributed by atoms with Crippen LogP contribution in [0.25, 0.3) is 0 Å². The van der Waals surface area contributed by atoms with Gasteiger partial charge in [0, 0.05) is 4.47 Å². The zero-order valence-electron chi connectivity index (χ0n) is 8.86. The van der Waals surface area contributed by atoms with Gasteiger partial charge in [0.1, 0.15) is 0 Å². The number of hydrogen-bond acceptors (Lipinski definition) is 2. The summed E-state index contributed by atoms with van der Waals surface area (Å²) in [6.07, 6.45) is 2.41. The molecule has 1 fully saturated rings. The molecule has 0 aromatic heterocycles. The lowest BCUT2D eigenvalue weighted by atomic mass is 10.1. The topological polar surface area (TPSA) is 0 Å². The molecule has 0 bridgehead atoms. The Bertz CT molecular complexity index is 322. The highest BCUT2D eigenvalue weighted by molar-refractivity contribution is 9.10. The summed E-state index contributed by atoms with van der Waals surface area (Å²) in [7, 11) is 0. The van der Waals surface area contributed by atoms with E-state index in [2.05, 4.69) is 63.7 Å². The SMILES string of the molecule is ClC(CC1SCCCS1)c1ccc(Br)cc1. The molecule has 1 heterocycles. The van der Waals surface area contributed by atoms with E-state index in [1.54, 1.807) is 0 Å². The number of benzene rings is 1. The summed E-state index contributed by atoms with van der Waals surface area (Å²) in [5.74, 6) is 2.59. The predicted octanol–water partition coefficient (Wildman–Crippen LogP) is 5.32. The van der Waals surface area contributed by atoms with Crippen molar-refractivity contribution in [2.24, 2.45) is 0 Å². The lowest BCUT2D eigenvalue weighted by Gasteiger charge is -2.23. The maximum Gasteiger partial charge on any atom is 0.0603 e.